The van der Waals surface area contributed by atoms with Crippen molar-refractivity contribution in [2.45, 2.75) is 19.3 Å². The Morgan fingerprint density at radius 3 is 2.50 bits per heavy atom. The molecule has 1 aliphatic rings. The Morgan fingerprint density at radius 2 is 1.94 bits per heavy atom. The van der Waals surface area contributed by atoms with Crippen LogP contribution < -0.4 is 4.31 Å². The molecule has 0 atom stereocenters. The second-order valence-corrected chi connectivity index (χ2v) is 5.93. The molecule has 1 heterocycles. The Labute approximate surface area is 107 Å². The summed E-state index contributed by atoms with van der Waals surface area (Å²) >= 11 is 0. The Kier molecular flexibility index (Phi) is 2.83. The quantitative estimate of drug-likeness (QED) is 0.836. The first-order valence-electron chi connectivity index (χ1n) is 5.50. The molecule has 1 aliphatic heterocycles. The monoisotopic (exact) mass is 265 g/mol. The fourth-order valence-corrected chi connectivity index (χ4v) is 3.28. The van der Waals surface area contributed by atoms with Crippen LogP contribution in [0.4, 0.5) is 5.69 Å². The van der Waals surface area contributed by atoms with Gasteiger partial charge >= 0.3 is 10.3 Å². The molecule has 1 aromatic rings. The predicted molar refractivity (Wildman–Crippen MR) is 71.8 cm³/mol. The third-order valence-electron chi connectivity index (χ3n) is 3.16. The molecule has 0 fully saturated rings. The standard InChI is InChI=1S/C13H15NO3S/c1-4-7-12-13(2,3)10-8-5-6-9-11(10)14(12)18(15,16)17/h4-9H,1H2,2-3H3,(H,15,16,17)/b12-7-. The third kappa shape index (κ3) is 1.76. The van der Waals surface area contributed by atoms with Crippen LogP contribution in [-0.2, 0) is 15.7 Å². The van der Waals surface area contributed by atoms with Gasteiger partial charge in [-0.25, -0.2) is 4.31 Å². The fraction of sp³-hybridized carbons (Fsp3) is 0.231. The first-order chi connectivity index (χ1) is 8.30. The van der Waals surface area contributed by atoms with E-state index < -0.39 is 15.7 Å². The zero-order valence-electron chi connectivity index (χ0n) is 10.3. The largest absolute Gasteiger partial charge is 0.364 e. The van der Waals surface area contributed by atoms with E-state index in [1.54, 1.807) is 18.2 Å². The molecule has 18 heavy (non-hydrogen) atoms. The topological polar surface area (TPSA) is 57.6 Å². The molecule has 4 nitrogen and oxygen atoms in total. The van der Waals surface area contributed by atoms with Crippen molar-refractivity contribution >= 4 is 16.0 Å². The molecule has 96 valence electrons. The zero-order valence-corrected chi connectivity index (χ0v) is 11.1. The molecule has 0 spiro atoms. The van der Waals surface area contributed by atoms with Gasteiger partial charge < -0.3 is 0 Å². The lowest BCUT2D eigenvalue weighted by Gasteiger charge is -2.24. The number of para-hydroxylation sites is 1. The van der Waals surface area contributed by atoms with E-state index in [9.17, 15) is 13.0 Å². The summed E-state index contributed by atoms with van der Waals surface area (Å²) < 4.78 is 33.5. The maximum atomic E-state index is 11.6. The minimum Gasteiger partial charge on any atom is -0.269 e. The lowest BCUT2D eigenvalue weighted by molar-refractivity contribution is 0.479. The molecule has 1 aromatic carbocycles. The van der Waals surface area contributed by atoms with Crippen LogP contribution in [-0.4, -0.2) is 13.0 Å². The maximum absolute atomic E-state index is 11.6. The second kappa shape index (κ2) is 3.96. The molecule has 0 aliphatic carbocycles. The number of allylic oxidation sites excluding steroid dienone is 3. The van der Waals surface area contributed by atoms with Crippen molar-refractivity contribution in [3.05, 3.63) is 54.3 Å². The molecule has 0 bridgehead atoms. The maximum Gasteiger partial charge on any atom is 0.364 e. The van der Waals surface area contributed by atoms with Gasteiger partial charge in [-0.2, -0.15) is 8.42 Å². The van der Waals surface area contributed by atoms with Crippen molar-refractivity contribution in [2.75, 3.05) is 4.31 Å². The molecule has 0 saturated heterocycles. The summed E-state index contributed by atoms with van der Waals surface area (Å²) in [7, 11) is -4.34. The molecule has 0 aromatic heterocycles. The Hall–Kier alpha value is -1.59. The van der Waals surface area contributed by atoms with E-state index in [4.69, 9.17) is 0 Å². The SMILES string of the molecule is C=C/C=C1\N(S(=O)(=O)O)c2ccccc2C1(C)C. The molecule has 0 radical (unpaired) electrons. The smallest absolute Gasteiger partial charge is 0.269 e. The van der Waals surface area contributed by atoms with Crippen LogP contribution in [0.3, 0.4) is 0 Å². The van der Waals surface area contributed by atoms with Crippen molar-refractivity contribution in [1.82, 2.24) is 0 Å². The highest BCUT2D eigenvalue weighted by Crippen LogP contribution is 2.48. The van der Waals surface area contributed by atoms with Crippen molar-refractivity contribution in [2.24, 2.45) is 0 Å². The first-order valence-corrected chi connectivity index (χ1v) is 6.90. The molecular formula is C13H15NO3S. The Bertz CT molecular complexity index is 629. The van der Waals surface area contributed by atoms with Crippen LogP contribution in [0.5, 0.6) is 0 Å². The van der Waals surface area contributed by atoms with Crippen molar-refractivity contribution in [3.8, 4) is 0 Å². The third-order valence-corrected chi connectivity index (χ3v) is 4.02. The van der Waals surface area contributed by atoms with E-state index in [2.05, 4.69) is 6.58 Å². The lowest BCUT2D eigenvalue weighted by Crippen LogP contribution is -2.31. The van der Waals surface area contributed by atoms with Crippen LogP contribution in [0.1, 0.15) is 19.4 Å². The van der Waals surface area contributed by atoms with Gasteiger partial charge in [-0.3, -0.25) is 4.55 Å². The van der Waals surface area contributed by atoms with Crippen molar-refractivity contribution < 1.29 is 13.0 Å². The van der Waals surface area contributed by atoms with Gasteiger partial charge in [0, 0.05) is 11.1 Å². The number of hydrogen-bond donors (Lipinski definition) is 1. The van der Waals surface area contributed by atoms with Gasteiger partial charge in [0.25, 0.3) is 0 Å². The molecule has 5 heteroatoms. The predicted octanol–water partition coefficient (Wildman–Crippen LogP) is 2.66. The van der Waals surface area contributed by atoms with Gasteiger partial charge in [-0.05, 0) is 17.7 Å². The molecule has 1 N–H and O–H groups in total. The van der Waals surface area contributed by atoms with E-state index in [1.165, 1.54) is 6.08 Å². The van der Waals surface area contributed by atoms with Crippen LogP contribution in [0.15, 0.2) is 48.7 Å². The fourth-order valence-electron chi connectivity index (χ4n) is 2.34. The van der Waals surface area contributed by atoms with E-state index >= 15 is 0 Å². The Morgan fingerprint density at radius 1 is 1.33 bits per heavy atom. The highest BCUT2D eigenvalue weighted by atomic mass is 32.2. The van der Waals surface area contributed by atoms with Gasteiger partial charge in [0.2, 0.25) is 0 Å². The second-order valence-electron chi connectivity index (χ2n) is 4.67. The average molecular weight is 265 g/mol. The first kappa shape index (κ1) is 12.9. The zero-order chi connectivity index (χ0) is 13.6. The summed E-state index contributed by atoms with van der Waals surface area (Å²) in [5.41, 5.74) is 1.33. The number of anilines is 1. The average Bonchev–Trinajstić information content (AvgIpc) is 2.49. The van der Waals surface area contributed by atoms with Crippen molar-refractivity contribution in [1.29, 1.82) is 0 Å². The number of benzene rings is 1. The molecule has 0 amide bonds. The minimum atomic E-state index is -4.34. The number of rotatable bonds is 2. The van der Waals surface area contributed by atoms with E-state index in [-0.39, 0.29) is 0 Å². The highest BCUT2D eigenvalue weighted by molar-refractivity contribution is 7.87. The Balaban J connectivity index is 2.80. The summed E-state index contributed by atoms with van der Waals surface area (Å²) in [5.74, 6) is 0. The number of hydrogen-bond acceptors (Lipinski definition) is 2. The number of fused-ring (bicyclic) bond motifs is 1. The van der Waals surface area contributed by atoms with Gasteiger partial charge in [-0.1, -0.05) is 44.7 Å². The highest BCUT2D eigenvalue weighted by Gasteiger charge is 2.44. The van der Waals surface area contributed by atoms with E-state index in [0.29, 0.717) is 11.4 Å². The molecular weight excluding hydrogens is 250 g/mol. The summed E-state index contributed by atoms with van der Waals surface area (Å²) in [6.45, 7) is 7.41. The van der Waals surface area contributed by atoms with Crippen LogP contribution in [0.25, 0.3) is 0 Å². The van der Waals surface area contributed by atoms with Crippen molar-refractivity contribution in [3.63, 3.8) is 0 Å². The summed E-state index contributed by atoms with van der Waals surface area (Å²) in [6.07, 6.45) is 3.12. The van der Waals surface area contributed by atoms with Crippen LogP contribution in [0, 0.1) is 0 Å². The lowest BCUT2D eigenvalue weighted by atomic mass is 9.84. The molecule has 0 unspecified atom stereocenters. The normalized spacial score (nSPS) is 19.9. The van der Waals surface area contributed by atoms with E-state index in [0.717, 1.165) is 9.87 Å². The van der Waals surface area contributed by atoms with Gasteiger partial charge in [0.05, 0.1) is 5.69 Å². The molecule has 0 saturated carbocycles. The minimum absolute atomic E-state index is 0.484. The van der Waals surface area contributed by atoms with Gasteiger partial charge in [0.15, 0.2) is 0 Å². The van der Waals surface area contributed by atoms with E-state index in [1.807, 2.05) is 26.0 Å². The van der Waals surface area contributed by atoms with Gasteiger partial charge in [0.1, 0.15) is 0 Å². The van der Waals surface area contributed by atoms with Crippen LogP contribution in [0.2, 0.25) is 0 Å². The summed E-state index contributed by atoms with van der Waals surface area (Å²) in [5, 5.41) is 0. The molecule has 2 rings (SSSR count). The van der Waals surface area contributed by atoms with Gasteiger partial charge in [-0.15, -0.1) is 0 Å². The summed E-state index contributed by atoms with van der Waals surface area (Å²) in [4.78, 5) is 0. The number of nitrogens with zero attached hydrogens (tertiary/aromatic N) is 1. The van der Waals surface area contributed by atoms with Crippen LogP contribution >= 0.6 is 0 Å². The summed E-state index contributed by atoms with van der Waals surface area (Å²) in [6, 6.07) is 7.12.